The SMILES string of the molecule is CCNCc1ccc(Br)cc1N1CCNC(=O)CC1. The molecule has 1 saturated heterocycles. The molecule has 1 heterocycles. The van der Waals surface area contributed by atoms with Gasteiger partial charge in [-0.05, 0) is 24.2 Å². The van der Waals surface area contributed by atoms with E-state index in [-0.39, 0.29) is 5.91 Å². The zero-order chi connectivity index (χ0) is 13.7. The Morgan fingerprint density at radius 3 is 3.05 bits per heavy atom. The molecule has 0 bridgehead atoms. The summed E-state index contributed by atoms with van der Waals surface area (Å²) >= 11 is 3.53. The molecule has 5 heteroatoms. The van der Waals surface area contributed by atoms with E-state index in [2.05, 4.69) is 56.6 Å². The molecule has 0 radical (unpaired) electrons. The van der Waals surface area contributed by atoms with Crippen LogP contribution in [0.2, 0.25) is 0 Å². The zero-order valence-electron chi connectivity index (χ0n) is 11.2. The molecule has 4 nitrogen and oxygen atoms in total. The molecule has 0 unspecified atom stereocenters. The molecule has 2 N–H and O–H groups in total. The van der Waals surface area contributed by atoms with Crippen molar-refractivity contribution < 1.29 is 4.79 Å². The van der Waals surface area contributed by atoms with Gasteiger partial charge in [0, 0.05) is 42.8 Å². The topological polar surface area (TPSA) is 44.4 Å². The number of amides is 1. The van der Waals surface area contributed by atoms with Gasteiger partial charge in [0.2, 0.25) is 5.91 Å². The monoisotopic (exact) mass is 325 g/mol. The van der Waals surface area contributed by atoms with Crippen molar-refractivity contribution in [3.8, 4) is 0 Å². The molecule has 19 heavy (non-hydrogen) atoms. The van der Waals surface area contributed by atoms with Crippen molar-refractivity contribution in [2.75, 3.05) is 31.1 Å². The Balaban J connectivity index is 2.20. The second-order valence-electron chi connectivity index (χ2n) is 4.64. The van der Waals surface area contributed by atoms with E-state index in [1.54, 1.807) is 0 Å². The summed E-state index contributed by atoms with van der Waals surface area (Å²) in [5.74, 6) is 0.144. The minimum atomic E-state index is 0.144. The lowest BCUT2D eigenvalue weighted by atomic mass is 10.1. The number of nitrogens with one attached hydrogen (secondary N) is 2. The number of halogens is 1. The van der Waals surface area contributed by atoms with Crippen LogP contribution in [0.25, 0.3) is 0 Å². The summed E-state index contributed by atoms with van der Waals surface area (Å²) in [6.45, 7) is 6.27. The highest BCUT2D eigenvalue weighted by atomic mass is 79.9. The fourth-order valence-electron chi connectivity index (χ4n) is 2.25. The number of hydrogen-bond acceptors (Lipinski definition) is 3. The maximum Gasteiger partial charge on any atom is 0.221 e. The quantitative estimate of drug-likeness (QED) is 0.888. The van der Waals surface area contributed by atoms with Crippen LogP contribution < -0.4 is 15.5 Å². The average Bonchev–Trinajstić information content (AvgIpc) is 2.62. The smallest absolute Gasteiger partial charge is 0.221 e. The molecular weight excluding hydrogens is 306 g/mol. The lowest BCUT2D eigenvalue weighted by molar-refractivity contribution is -0.120. The Bertz CT molecular complexity index is 450. The van der Waals surface area contributed by atoms with Gasteiger partial charge in [-0.1, -0.05) is 28.9 Å². The van der Waals surface area contributed by atoms with Gasteiger partial charge in [0.15, 0.2) is 0 Å². The van der Waals surface area contributed by atoms with Crippen molar-refractivity contribution in [1.29, 1.82) is 0 Å². The summed E-state index contributed by atoms with van der Waals surface area (Å²) < 4.78 is 1.08. The van der Waals surface area contributed by atoms with Gasteiger partial charge < -0.3 is 15.5 Å². The van der Waals surface area contributed by atoms with E-state index in [1.165, 1.54) is 11.3 Å². The molecule has 1 aromatic carbocycles. The van der Waals surface area contributed by atoms with Gasteiger partial charge in [0.25, 0.3) is 0 Å². The number of hydrogen-bond donors (Lipinski definition) is 2. The van der Waals surface area contributed by atoms with Crippen LogP contribution in [0.4, 0.5) is 5.69 Å². The summed E-state index contributed by atoms with van der Waals surface area (Å²) in [6, 6.07) is 6.35. The van der Waals surface area contributed by atoms with Crippen molar-refractivity contribution in [2.45, 2.75) is 19.9 Å². The lowest BCUT2D eigenvalue weighted by Gasteiger charge is -2.25. The zero-order valence-corrected chi connectivity index (χ0v) is 12.8. The van der Waals surface area contributed by atoms with Crippen LogP contribution in [0.15, 0.2) is 22.7 Å². The summed E-state index contributed by atoms with van der Waals surface area (Å²) in [6.07, 6.45) is 0.563. The van der Waals surface area contributed by atoms with Gasteiger partial charge in [0.1, 0.15) is 0 Å². The van der Waals surface area contributed by atoms with Gasteiger partial charge in [-0.15, -0.1) is 0 Å². The molecule has 0 spiro atoms. The predicted octanol–water partition coefficient (Wildman–Crippen LogP) is 1.88. The minimum absolute atomic E-state index is 0.144. The van der Waals surface area contributed by atoms with Gasteiger partial charge in [-0.3, -0.25) is 4.79 Å². The number of rotatable bonds is 4. The Hall–Kier alpha value is -1.07. The van der Waals surface area contributed by atoms with E-state index < -0.39 is 0 Å². The average molecular weight is 326 g/mol. The number of benzene rings is 1. The standard InChI is InChI=1S/C14H20BrN3O/c1-2-16-10-11-3-4-12(15)9-13(11)18-7-5-14(19)17-6-8-18/h3-4,9,16H,2,5-8,10H2,1H3,(H,17,19). The van der Waals surface area contributed by atoms with E-state index in [9.17, 15) is 4.79 Å². The fourth-order valence-corrected chi connectivity index (χ4v) is 2.60. The Labute approximate surface area is 122 Å². The molecule has 1 amide bonds. The molecule has 1 aliphatic heterocycles. The molecule has 1 aliphatic rings. The molecule has 0 aromatic heterocycles. The van der Waals surface area contributed by atoms with Gasteiger partial charge >= 0.3 is 0 Å². The lowest BCUT2D eigenvalue weighted by Crippen LogP contribution is -2.29. The maximum absolute atomic E-state index is 11.4. The first-order chi connectivity index (χ1) is 9.20. The number of carbonyl (C=O) groups is 1. The molecule has 2 rings (SSSR count). The van der Waals surface area contributed by atoms with E-state index in [1.807, 2.05) is 0 Å². The van der Waals surface area contributed by atoms with E-state index in [0.717, 1.165) is 30.7 Å². The normalized spacial score (nSPS) is 16.1. The third-order valence-electron chi connectivity index (χ3n) is 3.27. The van der Waals surface area contributed by atoms with E-state index in [4.69, 9.17) is 0 Å². The molecule has 0 saturated carbocycles. The van der Waals surface area contributed by atoms with Gasteiger partial charge in [-0.2, -0.15) is 0 Å². The Kier molecular flexibility index (Phi) is 5.22. The van der Waals surface area contributed by atoms with Crippen molar-refractivity contribution >= 4 is 27.5 Å². The minimum Gasteiger partial charge on any atom is -0.369 e. The second kappa shape index (κ2) is 6.91. The Morgan fingerprint density at radius 2 is 2.26 bits per heavy atom. The van der Waals surface area contributed by atoms with Crippen LogP contribution in [0.5, 0.6) is 0 Å². The van der Waals surface area contributed by atoms with Crippen LogP contribution in [0.3, 0.4) is 0 Å². The fraction of sp³-hybridized carbons (Fsp3) is 0.500. The first kappa shape index (κ1) is 14.3. The largest absolute Gasteiger partial charge is 0.369 e. The third-order valence-corrected chi connectivity index (χ3v) is 3.76. The summed E-state index contributed by atoms with van der Waals surface area (Å²) in [7, 11) is 0. The highest BCUT2D eigenvalue weighted by molar-refractivity contribution is 9.10. The molecule has 1 aromatic rings. The van der Waals surface area contributed by atoms with Gasteiger partial charge in [-0.25, -0.2) is 0 Å². The van der Waals surface area contributed by atoms with Crippen LogP contribution in [0.1, 0.15) is 18.9 Å². The number of carbonyl (C=O) groups excluding carboxylic acids is 1. The predicted molar refractivity (Wildman–Crippen MR) is 81.4 cm³/mol. The molecule has 104 valence electrons. The van der Waals surface area contributed by atoms with Crippen LogP contribution in [0, 0.1) is 0 Å². The highest BCUT2D eigenvalue weighted by Crippen LogP contribution is 2.26. The van der Waals surface area contributed by atoms with Crippen LogP contribution in [-0.2, 0) is 11.3 Å². The van der Waals surface area contributed by atoms with Gasteiger partial charge in [0.05, 0.1) is 0 Å². The number of nitrogens with zero attached hydrogens (tertiary/aromatic N) is 1. The summed E-state index contributed by atoms with van der Waals surface area (Å²) in [5.41, 5.74) is 2.49. The Morgan fingerprint density at radius 1 is 1.42 bits per heavy atom. The van der Waals surface area contributed by atoms with E-state index >= 15 is 0 Å². The second-order valence-corrected chi connectivity index (χ2v) is 5.56. The van der Waals surface area contributed by atoms with Crippen molar-refractivity contribution in [3.63, 3.8) is 0 Å². The van der Waals surface area contributed by atoms with Crippen molar-refractivity contribution in [2.24, 2.45) is 0 Å². The highest BCUT2D eigenvalue weighted by Gasteiger charge is 2.16. The van der Waals surface area contributed by atoms with E-state index in [0.29, 0.717) is 13.0 Å². The number of anilines is 1. The summed E-state index contributed by atoms with van der Waals surface area (Å²) in [5, 5.41) is 6.28. The van der Waals surface area contributed by atoms with Crippen molar-refractivity contribution in [1.82, 2.24) is 10.6 Å². The van der Waals surface area contributed by atoms with Crippen LogP contribution >= 0.6 is 15.9 Å². The molecule has 1 fully saturated rings. The molecule has 0 aliphatic carbocycles. The third kappa shape index (κ3) is 3.94. The molecular formula is C14H20BrN3O. The maximum atomic E-state index is 11.4. The first-order valence-corrected chi connectivity index (χ1v) is 7.51. The van der Waals surface area contributed by atoms with Crippen molar-refractivity contribution in [3.05, 3.63) is 28.2 Å². The first-order valence-electron chi connectivity index (χ1n) is 6.71. The van der Waals surface area contributed by atoms with Crippen LogP contribution in [-0.4, -0.2) is 32.1 Å². The molecule has 0 atom stereocenters. The summed E-state index contributed by atoms with van der Waals surface area (Å²) in [4.78, 5) is 13.7.